The maximum Gasteiger partial charge on any atom is 0.200 e. The average molecular weight is 256 g/mol. The minimum Gasteiger partial charge on any atom is -0.490 e. The molecule has 0 N–H and O–H groups in total. The number of rotatable bonds is 3. The van der Waals surface area contributed by atoms with Gasteiger partial charge in [0.15, 0.2) is 11.6 Å². The molecule has 18 heavy (non-hydrogen) atoms. The van der Waals surface area contributed by atoms with Crippen molar-refractivity contribution in [3.05, 3.63) is 29.3 Å². The van der Waals surface area contributed by atoms with Crippen molar-refractivity contribution in [1.29, 1.82) is 0 Å². The summed E-state index contributed by atoms with van der Waals surface area (Å²) in [6, 6.07) is 3.07. The first-order valence-electron chi connectivity index (χ1n) is 6.65. The predicted octanol–water partition coefficient (Wildman–Crippen LogP) is 4.72. The smallest absolute Gasteiger partial charge is 0.200 e. The number of aryl methyl sites for hydroxylation is 1. The number of hydrogen-bond donors (Lipinski definition) is 0. The Balaban J connectivity index is 0.00000180. The van der Waals surface area contributed by atoms with Crippen LogP contribution in [-0.2, 0) is 0 Å². The van der Waals surface area contributed by atoms with E-state index in [0.29, 0.717) is 18.1 Å². The van der Waals surface area contributed by atoms with E-state index < -0.39 is 11.6 Å². The summed E-state index contributed by atoms with van der Waals surface area (Å²) in [6.07, 6.45) is 4.66. The Morgan fingerprint density at radius 3 is 2.50 bits per heavy atom. The highest BCUT2D eigenvalue weighted by atomic mass is 19.2. The maximum atomic E-state index is 13.6. The summed E-state index contributed by atoms with van der Waals surface area (Å²) in [4.78, 5) is 0. The second-order valence-electron chi connectivity index (χ2n) is 5.45. The Bertz CT molecular complexity index is 415. The molecule has 0 aliphatic heterocycles. The van der Waals surface area contributed by atoms with Crippen LogP contribution in [0.5, 0.6) is 5.75 Å². The molecular weight excluding hydrogens is 234 g/mol. The molecule has 1 aliphatic rings. The molecule has 102 valence electrons. The van der Waals surface area contributed by atoms with Gasteiger partial charge in [0.2, 0.25) is 5.82 Å². The molecule has 1 saturated carbocycles. The fourth-order valence-corrected chi connectivity index (χ4v) is 2.44. The van der Waals surface area contributed by atoms with Gasteiger partial charge in [-0.05, 0) is 43.2 Å². The third-order valence-corrected chi connectivity index (χ3v) is 3.85. The van der Waals surface area contributed by atoms with Crippen LogP contribution in [0.15, 0.2) is 12.1 Å². The topological polar surface area (TPSA) is 9.23 Å². The van der Waals surface area contributed by atoms with E-state index in [1.165, 1.54) is 18.9 Å². The molecule has 0 bridgehead atoms. The third kappa shape index (κ3) is 3.01. The lowest BCUT2D eigenvalue weighted by Crippen LogP contribution is -2.19. The van der Waals surface area contributed by atoms with Crippen LogP contribution in [0.2, 0.25) is 0 Å². The van der Waals surface area contributed by atoms with Crippen molar-refractivity contribution in [2.24, 2.45) is 11.8 Å². The second kappa shape index (κ2) is 5.68. The molecule has 1 aromatic rings. The standard InChI is InChI=1S/C15H20F2O.H2/c1-10-3-6-12(7-4-10)9-18-13-8-5-11(2)14(16)15(13)17;/h5,8,10,12H,3-4,6-7,9H2,1-2H3;1H. The zero-order valence-corrected chi connectivity index (χ0v) is 11.0. The van der Waals surface area contributed by atoms with E-state index in [9.17, 15) is 8.78 Å². The van der Waals surface area contributed by atoms with Crippen LogP contribution in [0.25, 0.3) is 0 Å². The minimum absolute atomic E-state index is 0. The van der Waals surface area contributed by atoms with Gasteiger partial charge in [-0.25, -0.2) is 4.39 Å². The summed E-state index contributed by atoms with van der Waals surface area (Å²) in [5.41, 5.74) is 0.311. The Labute approximate surface area is 109 Å². The Kier molecular flexibility index (Phi) is 4.20. The lowest BCUT2D eigenvalue weighted by Gasteiger charge is -2.26. The van der Waals surface area contributed by atoms with Crippen LogP contribution >= 0.6 is 0 Å². The van der Waals surface area contributed by atoms with Gasteiger partial charge in [-0.2, -0.15) is 4.39 Å². The molecule has 2 rings (SSSR count). The van der Waals surface area contributed by atoms with Crippen molar-refractivity contribution < 1.29 is 14.9 Å². The highest BCUT2D eigenvalue weighted by Crippen LogP contribution is 2.29. The fraction of sp³-hybridized carbons (Fsp3) is 0.600. The van der Waals surface area contributed by atoms with Gasteiger partial charge in [0.05, 0.1) is 6.61 Å². The van der Waals surface area contributed by atoms with Crippen molar-refractivity contribution in [2.45, 2.75) is 39.5 Å². The lowest BCUT2D eigenvalue weighted by molar-refractivity contribution is 0.182. The quantitative estimate of drug-likeness (QED) is 0.760. The fourth-order valence-electron chi connectivity index (χ4n) is 2.44. The molecule has 1 aliphatic carbocycles. The van der Waals surface area contributed by atoms with Gasteiger partial charge in [-0.15, -0.1) is 0 Å². The molecular formula is C15H22F2O. The first-order valence-corrected chi connectivity index (χ1v) is 6.65. The molecule has 0 radical (unpaired) electrons. The van der Waals surface area contributed by atoms with Gasteiger partial charge in [0.25, 0.3) is 0 Å². The van der Waals surface area contributed by atoms with E-state index in [1.807, 2.05) is 0 Å². The summed E-state index contributed by atoms with van der Waals surface area (Å²) in [6.45, 7) is 4.29. The van der Waals surface area contributed by atoms with E-state index in [0.717, 1.165) is 18.8 Å². The molecule has 1 nitrogen and oxygen atoms in total. The average Bonchev–Trinajstić information content (AvgIpc) is 2.37. The van der Waals surface area contributed by atoms with E-state index >= 15 is 0 Å². The number of halogens is 2. The molecule has 0 aromatic heterocycles. The van der Waals surface area contributed by atoms with E-state index in [4.69, 9.17) is 4.74 Å². The van der Waals surface area contributed by atoms with Crippen LogP contribution in [0.1, 0.15) is 39.6 Å². The molecule has 0 spiro atoms. The Morgan fingerprint density at radius 1 is 1.17 bits per heavy atom. The van der Waals surface area contributed by atoms with Gasteiger partial charge >= 0.3 is 0 Å². The normalized spacial score (nSPS) is 24.0. The predicted molar refractivity (Wildman–Crippen MR) is 69.8 cm³/mol. The number of hydrogen-bond acceptors (Lipinski definition) is 1. The molecule has 0 unspecified atom stereocenters. The Hall–Kier alpha value is -1.12. The molecule has 0 atom stereocenters. The zero-order valence-electron chi connectivity index (χ0n) is 11.0. The first-order chi connectivity index (χ1) is 8.58. The van der Waals surface area contributed by atoms with Gasteiger partial charge < -0.3 is 4.74 Å². The van der Waals surface area contributed by atoms with E-state index in [-0.39, 0.29) is 7.18 Å². The summed E-state index contributed by atoms with van der Waals surface area (Å²) >= 11 is 0. The number of ether oxygens (including phenoxy) is 1. The zero-order chi connectivity index (χ0) is 13.1. The third-order valence-electron chi connectivity index (χ3n) is 3.85. The van der Waals surface area contributed by atoms with Crippen molar-refractivity contribution in [2.75, 3.05) is 6.61 Å². The molecule has 1 fully saturated rings. The molecule has 0 heterocycles. The SMILES string of the molecule is Cc1ccc(OCC2CCC(C)CC2)c(F)c1F.[HH]. The lowest BCUT2D eigenvalue weighted by atomic mass is 9.83. The van der Waals surface area contributed by atoms with Gasteiger partial charge in [-0.1, -0.05) is 25.8 Å². The summed E-state index contributed by atoms with van der Waals surface area (Å²) in [7, 11) is 0. The van der Waals surface area contributed by atoms with E-state index in [1.54, 1.807) is 13.0 Å². The van der Waals surface area contributed by atoms with E-state index in [2.05, 4.69) is 6.92 Å². The maximum absolute atomic E-state index is 13.6. The summed E-state index contributed by atoms with van der Waals surface area (Å²) < 4.78 is 32.4. The minimum atomic E-state index is -0.862. The summed E-state index contributed by atoms with van der Waals surface area (Å²) in [5, 5.41) is 0. The van der Waals surface area contributed by atoms with Crippen LogP contribution in [0.3, 0.4) is 0 Å². The highest BCUT2D eigenvalue weighted by molar-refractivity contribution is 5.30. The van der Waals surface area contributed by atoms with Gasteiger partial charge in [0.1, 0.15) is 0 Å². The van der Waals surface area contributed by atoms with Crippen molar-refractivity contribution in [1.82, 2.24) is 0 Å². The summed E-state index contributed by atoms with van der Waals surface area (Å²) in [5.74, 6) is -0.361. The van der Waals surface area contributed by atoms with Gasteiger partial charge in [-0.3, -0.25) is 0 Å². The number of benzene rings is 1. The van der Waals surface area contributed by atoms with Crippen LogP contribution in [0, 0.1) is 30.4 Å². The largest absolute Gasteiger partial charge is 0.490 e. The van der Waals surface area contributed by atoms with Crippen molar-refractivity contribution in [3.63, 3.8) is 0 Å². The van der Waals surface area contributed by atoms with Crippen LogP contribution in [0.4, 0.5) is 8.78 Å². The van der Waals surface area contributed by atoms with Gasteiger partial charge in [0, 0.05) is 1.43 Å². The molecule has 1 aromatic carbocycles. The van der Waals surface area contributed by atoms with Crippen molar-refractivity contribution >= 4 is 0 Å². The second-order valence-corrected chi connectivity index (χ2v) is 5.45. The van der Waals surface area contributed by atoms with Crippen LogP contribution in [-0.4, -0.2) is 6.61 Å². The molecule has 0 saturated heterocycles. The molecule has 3 heteroatoms. The van der Waals surface area contributed by atoms with Crippen LogP contribution < -0.4 is 4.74 Å². The highest BCUT2D eigenvalue weighted by Gasteiger charge is 2.20. The molecule has 0 amide bonds. The first kappa shape index (κ1) is 13.3. The Morgan fingerprint density at radius 2 is 1.83 bits per heavy atom. The van der Waals surface area contributed by atoms with Crippen molar-refractivity contribution in [3.8, 4) is 5.75 Å². The monoisotopic (exact) mass is 256 g/mol.